The van der Waals surface area contributed by atoms with Crippen LogP contribution in [0.5, 0.6) is 11.5 Å². The summed E-state index contributed by atoms with van der Waals surface area (Å²) in [6, 6.07) is 7.90. The quantitative estimate of drug-likeness (QED) is 0.808. The Morgan fingerprint density at radius 3 is 2.81 bits per heavy atom. The first-order chi connectivity index (χ1) is 10.0. The van der Waals surface area contributed by atoms with Gasteiger partial charge in [-0.25, -0.2) is 4.39 Å². The second-order valence-corrected chi connectivity index (χ2v) is 5.63. The molecule has 0 unspecified atom stereocenters. The smallest absolute Gasteiger partial charge is 0.224 e. The number of nitrogens with one attached hydrogen (secondary N) is 1. The fourth-order valence-electron chi connectivity index (χ4n) is 2.18. The fraction of sp³-hybridized carbons (Fsp3) is 0.133. The van der Waals surface area contributed by atoms with Crippen molar-refractivity contribution < 1.29 is 13.9 Å². The van der Waals surface area contributed by atoms with E-state index < -0.39 is 5.82 Å². The third kappa shape index (κ3) is 2.85. The van der Waals surface area contributed by atoms with E-state index in [1.54, 1.807) is 24.3 Å². The zero-order valence-corrected chi connectivity index (χ0v) is 12.5. The predicted octanol–water partition coefficient (Wildman–Crippen LogP) is 3.85. The highest BCUT2D eigenvalue weighted by molar-refractivity contribution is 9.10. The van der Waals surface area contributed by atoms with Gasteiger partial charge in [0.15, 0.2) is 5.75 Å². The molecule has 1 aliphatic rings. The predicted molar refractivity (Wildman–Crippen MR) is 82.0 cm³/mol. The minimum atomic E-state index is -0.419. The van der Waals surface area contributed by atoms with Gasteiger partial charge in [0.05, 0.1) is 10.2 Å². The molecule has 0 atom stereocenters. The van der Waals surface area contributed by atoms with E-state index in [-0.39, 0.29) is 5.91 Å². The van der Waals surface area contributed by atoms with Crippen molar-refractivity contribution in [3.63, 3.8) is 0 Å². The van der Waals surface area contributed by atoms with E-state index in [0.717, 1.165) is 5.56 Å². The second kappa shape index (κ2) is 5.37. The largest absolute Gasteiger partial charge is 0.455 e. The lowest BCUT2D eigenvalue weighted by Gasteiger charge is -2.19. The van der Waals surface area contributed by atoms with Crippen LogP contribution in [0.15, 0.2) is 34.8 Å². The number of hydrogen-bond donors (Lipinski definition) is 2. The Morgan fingerprint density at radius 1 is 1.24 bits per heavy atom. The van der Waals surface area contributed by atoms with Crippen molar-refractivity contribution in [2.75, 3.05) is 11.1 Å². The van der Waals surface area contributed by atoms with Crippen LogP contribution < -0.4 is 15.8 Å². The number of rotatable bonds is 2. The lowest BCUT2D eigenvalue weighted by molar-refractivity contribution is -0.116. The maximum Gasteiger partial charge on any atom is 0.224 e. The van der Waals surface area contributed by atoms with Crippen LogP contribution in [0.1, 0.15) is 12.0 Å². The number of benzene rings is 2. The Kier molecular flexibility index (Phi) is 3.55. The number of aryl methyl sites for hydroxylation is 1. The average molecular weight is 351 g/mol. The molecular formula is C15H12BrFN2O2. The zero-order valence-electron chi connectivity index (χ0n) is 11.0. The normalized spacial score (nSPS) is 13.5. The van der Waals surface area contributed by atoms with Crippen molar-refractivity contribution >= 4 is 33.2 Å². The summed E-state index contributed by atoms with van der Waals surface area (Å²) in [6.45, 7) is 0. The molecule has 4 nitrogen and oxygen atoms in total. The van der Waals surface area contributed by atoms with Crippen LogP contribution in [0.2, 0.25) is 0 Å². The number of ether oxygens (including phenoxy) is 1. The number of hydrogen-bond acceptors (Lipinski definition) is 3. The highest BCUT2D eigenvalue weighted by Crippen LogP contribution is 2.35. The van der Waals surface area contributed by atoms with Crippen molar-refractivity contribution in [1.82, 2.24) is 0 Å². The molecule has 0 aromatic heterocycles. The molecular weight excluding hydrogens is 339 g/mol. The van der Waals surface area contributed by atoms with E-state index in [0.29, 0.717) is 40.2 Å². The number of nitrogen functional groups attached to an aromatic ring is 1. The summed E-state index contributed by atoms with van der Waals surface area (Å²) in [5.74, 6) is 0.271. The van der Waals surface area contributed by atoms with Crippen LogP contribution in [0.25, 0.3) is 0 Å². The summed E-state index contributed by atoms with van der Waals surface area (Å²) in [6.07, 6.45) is 1.10. The van der Waals surface area contributed by atoms with Gasteiger partial charge in [-0.15, -0.1) is 0 Å². The molecule has 0 fully saturated rings. The number of carbonyl (C=O) groups excluding carboxylic acids is 1. The van der Waals surface area contributed by atoms with E-state index in [2.05, 4.69) is 21.2 Å². The molecule has 21 heavy (non-hydrogen) atoms. The molecule has 0 saturated carbocycles. The number of nitrogens with two attached hydrogens (primary N) is 1. The maximum absolute atomic E-state index is 13.5. The highest BCUT2D eigenvalue weighted by Gasteiger charge is 2.17. The molecule has 6 heteroatoms. The van der Waals surface area contributed by atoms with Gasteiger partial charge in [-0.05, 0) is 46.1 Å². The van der Waals surface area contributed by atoms with Gasteiger partial charge in [-0.3, -0.25) is 4.79 Å². The molecule has 0 bridgehead atoms. The number of halogens is 2. The SMILES string of the molecule is Nc1cc2c(cc1Oc1ccc(Br)c(F)c1)NC(=O)CC2. The summed E-state index contributed by atoms with van der Waals surface area (Å²) in [5, 5.41) is 2.78. The average Bonchev–Trinajstić information content (AvgIpc) is 2.44. The van der Waals surface area contributed by atoms with Gasteiger partial charge in [0, 0.05) is 24.2 Å². The minimum absolute atomic E-state index is 0.0343. The van der Waals surface area contributed by atoms with Gasteiger partial charge in [-0.2, -0.15) is 0 Å². The van der Waals surface area contributed by atoms with Crippen molar-refractivity contribution in [3.05, 3.63) is 46.2 Å². The first-order valence-electron chi connectivity index (χ1n) is 6.38. The molecule has 1 amide bonds. The van der Waals surface area contributed by atoms with Crippen LogP contribution in [0, 0.1) is 5.82 Å². The Morgan fingerprint density at radius 2 is 2.05 bits per heavy atom. The first-order valence-corrected chi connectivity index (χ1v) is 7.17. The number of anilines is 2. The van der Waals surface area contributed by atoms with Gasteiger partial charge in [0.25, 0.3) is 0 Å². The van der Waals surface area contributed by atoms with Crippen molar-refractivity contribution in [2.24, 2.45) is 0 Å². The van der Waals surface area contributed by atoms with Crippen LogP contribution in [-0.4, -0.2) is 5.91 Å². The third-order valence-electron chi connectivity index (χ3n) is 3.25. The Balaban J connectivity index is 1.93. The minimum Gasteiger partial charge on any atom is -0.455 e. The molecule has 108 valence electrons. The van der Waals surface area contributed by atoms with Crippen molar-refractivity contribution in [2.45, 2.75) is 12.8 Å². The standard InChI is InChI=1S/C15H12BrFN2O2/c16-10-3-2-9(6-11(10)17)21-14-7-13-8(5-12(14)18)1-4-15(20)19-13/h2-3,5-7H,1,4,18H2,(H,19,20). The van der Waals surface area contributed by atoms with Gasteiger partial charge in [0.1, 0.15) is 11.6 Å². The molecule has 1 aliphatic heterocycles. The van der Waals surface area contributed by atoms with E-state index in [1.807, 2.05) is 0 Å². The van der Waals surface area contributed by atoms with Crippen molar-refractivity contribution in [3.8, 4) is 11.5 Å². The van der Waals surface area contributed by atoms with Gasteiger partial charge in [-0.1, -0.05) is 0 Å². The summed E-state index contributed by atoms with van der Waals surface area (Å²) in [4.78, 5) is 11.4. The number of carbonyl (C=O) groups is 1. The van der Waals surface area contributed by atoms with E-state index in [9.17, 15) is 9.18 Å². The summed E-state index contributed by atoms with van der Waals surface area (Å²) >= 11 is 3.08. The molecule has 0 saturated heterocycles. The molecule has 0 spiro atoms. The van der Waals surface area contributed by atoms with E-state index in [1.165, 1.54) is 6.07 Å². The molecule has 2 aromatic carbocycles. The number of fused-ring (bicyclic) bond motifs is 1. The molecule has 0 radical (unpaired) electrons. The molecule has 0 aliphatic carbocycles. The Labute approximate surface area is 129 Å². The van der Waals surface area contributed by atoms with Gasteiger partial charge >= 0.3 is 0 Å². The topological polar surface area (TPSA) is 64.3 Å². The van der Waals surface area contributed by atoms with Crippen molar-refractivity contribution in [1.29, 1.82) is 0 Å². The monoisotopic (exact) mass is 350 g/mol. The fourth-order valence-corrected chi connectivity index (χ4v) is 2.43. The number of amides is 1. The maximum atomic E-state index is 13.5. The summed E-state index contributed by atoms with van der Waals surface area (Å²) in [5.41, 5.74) is 8.07. The third-order valence-corrected chi connectivity index (χ3v) is 3.89. The van der Waals surface area contributed by atoms with Gasteiger partial charge < -0.3 is 15.8 Å². The molecule has 1 heterocycles. The second-order valence-electron chi connectivity index (χ2n) is 4.77. The van der Waals surface area contributed by atoms with Crippen LogP contribution in [0.4, 0.5) is 15.8 Å². The van der Waals surface area contributed by atoms with Crippen LogP contribution in [0.3, 0.4) is 0 Å². The van der Waals surface area contributed by atoms with E-state index >= 15 is 0 Å². The Hall–Kier alpha value is -2.08. The highest BCUT2D eigenvalue weighted by atomic mass is 79.9. The lowest BCUT2D eigenvalue weighted by atomic mass is 10.0. The zero-order chi connectivity index (χ0) is 15.0. The lowest BCUT2D eigenvalue weighted by Crippen LogP contribution is -2.19. The molecule has 3 rings (SSSR count). The molecule has 3 N–H and O–H groups in total. The molecule has 2 aromatic rings. The summed E-state index contributed by atoms with van der Waals surface area (Å²) in [7, 11) is 0. The van der Waals surface area contributed by atoms with Gasteiger partial charge in [0.2, 0.25) is 5.91 Å². The first kappa shape index (κ1) is 13.9. The Bertz CT molecular complexity index is 734. The van der Waals surface area contributed by atoms with E-state index in [4.69, 9.17) is 10.5 Å². The summed E-state index contributed by atoms with van der Waals surface area (Å²) < 4.78 is 19.5. The van der Waals surface area contributed by atoms with Crippen LogP contribution >= 0.6 is 15.9 Å². The van der Waals surface area contributed by atoms with Crippen LogP contribution in [-0.2, 0) is 11.2 Å².